The first kappa shape index (κ1) is 22.8. The third kappa shape index (κ3) is 6.53. The lowest BCUT2D eigenvalue weighted by molar-refractivity contribution is 0.0676. The Balaban J connectivity index is 1.64. The molecule has 0 aliphatic carbocycles. The minimum Gasteiger partial charge on any atom is -0.488 e. The Morgan fingerprint density at radius 3 is 2.71 bits per heavy atom. The average Bonchev–Trinajstić information content (AvgIpc) is 2.76. The van der Waals surface area contributed by atoms with Crippen LogP contribution in [0.4, 0.5) is 0 Å². The first-order valence-electron chi connectivity index (χ1n) is 10.1. The monoisotopic (exact) mass is 445 g/mol. The van der Waals surface area contributed by atoms with Crippen LogP contribution in [-0.4, -0.2) is 51.0 Å². The van der Waals surface area contributed by atoms with Gasteiger partial charge in [-0.1, -0.05) is 24.3 Å². The summed E-state index contributed by atoms with van der Waals surface area (Å²) in [5.74, 6) is -0.179. The predicted octanol–water partition coefficient (Wildman–Crippen LogP) is 1.77. The van der Waals surface area contributed by atoms with Crippen LogP contribution < -0.4 is 15.2 Å². The van der Waals surface area contributed by atoms with Crippen LogP contribution in [0, 0.1) is 5.92 Å². The van der Waals surface area contributed by atoms with Gasteiger partial charge in [0.2, 0.25) is 10.0 Å². The van der Waals surface area contributed by atoms with Gasteiger partial charge in [-0.3, -0.25) is 9.59 Å². The van der Waals surface area contributed by atoms with E-state index in [1.54, 1.807) is 47.4 Å². The van der Waals surface area contributed by atoms with E-state index >= 15 is 0 Å². The molecule has 2 aromatic carbocycles. The van der Waals surface area contributed by atoms with Crippen molar-refractivity contribution in [2.45, 2.75) is 19.4 Å². The average molecular weight is 446 g/mol. The quantitative estimate of drug-likeness (QED) is 0.642. The molecule has 1 aliphatic heterocycles. The molecule has 0 aromatic heterocycles. The number of sulfonamides is 1. The van der Waals surface area contributed by atoms with Crippen LogP contribution in [0.2, 0.25) is 0 Å². The summed E-state index contributed by atoms with van der Waals surface area (Å²) in [6, 6.07) is 13.9. The molecular weight excluding hydrogens is 418 g/mol. The highest BCUT2D eigenvalue weighted by Gasteiger charge is 2.25. The number of benzene rings is 2. The highest BCUT2D eigenvalue weighted by Crippen LogP contribution is 2.21. The smallest absolute Gasteiger partial charge is 0.253 e. The molecule has 0 radical (unpaired) electrons. The third-order valence-electron chi connectivity index (χ3n) is 5.16. The standard InChI is InChI=1S/C22H27N3O5S/c1-31(28,29)24-13-17-7-5-11-25(14-17)22(27)18-8-4-6-16(12-18)15-30-20-10-3-2-9-19(20)21(23)26/h2-4,6,8-10,12,17,24H,5,7,11,13-15H2,1H3,(H2,23,26). The van der Waals surface area contributed by atoms with Crippen LogP contribution in [0.15, 0.2) is 48.5 Å². The van der Waals surface area contributed by atoms with Crippen LogP contribution in [0.3, 0.4) is 0 Å². The number of nitrogens with zero attached hydrogens (tertiary/aromatic N) is 1. The maximum Gasteiger partial charge on any atom is 0.253 e. The number of likely N-dealkylation sites (tertiary alicyclic amines) is 1. The van der Waals surface area contributed by atoms with Gasteiger partial charge >= 0.3 is 0 Å². The van der Waals surface area contributed by atoms with Crippen molar-refractivity contribution in [2.24, 2.45) is 11.7 Å². The summed E-state index contributed by atoms with van der Waals surface area (Å²) in [6.07, 6.45) is 2.84. The lowest BCUT2D eigenvalue weighted by Crippen LogP contribution is -2.43. The second kappa shape index (κ2) is 9.93. The van der Waals surface area contributed by atoms with E-state index in [2.05, 4.69) is 4.72 Å². The number of hydrogen-bond donors (Lipinski definition) is 2. The summed E-state index contributed by atoms with van der Waals surface area (Å²) in [7, 11) is -3.25. The largest absolute Gasteiger partial charge is 0.488 e. The van der Waals surface area contributed by atoms with Crippen molar-refractivity contribution in [1.29, 1.82) is 0 Å². The van der Waals surface area contributed by atoms with Gasteiger partial charge in [-0.05, 0) is 48.6 Å². The molecule has 3 N–H and O–H groups in total. The van der Waals surface area contributed by atoms with Gasteiger partial charge in [-0.25, -0.2) is 13.1 Å². The molecule has 1 saturated heterocycles. The minimum absolute atomic E-state index is 0.0873. The molecule has 0 spiro atoms. The topological polar surface area (TPSA) is 119 Å². The number of carbonyl (C=O) groups excluding carboxylic acids is 2. The lowest BCUT2D eigenvalue weighted by atomic mass is 9.97. The Kier molecular flexibility index (Phi) is 7.29. The minimum atomic E-state index is -3.25. The number of para-hydroxylation sites is 1. The van der Waals surface area contributed by atoms with Gasteiger partial charge in [-0.15, -0.1) is 0 Å². The molecule has 1 heterocycles. The molecule has 0 saturated carbocycles. The van der Waals surface area contributed by atoms with Crippen molar-refractivity contribution in [1.82, 2.24) is 9.62 Å². The van der Waals surface area contributed by atoms with Gasteiger partial charge in [-0.2, -0.15) is 0 Å². The van der Waals surface area contributed by atoms with Crippen molar-refractivity contribution < 1.29 is 22.7 Å². The molecule has 9 heteroatoms. The molecule has 2 aromatic rings. The zero-order valence-electron chi connectivity index (χ0n) is 17.4. The van der Waals surface area contributed by atoms with Crippen molar-refractivity contribution in [3.05, 3.63) is 65.2 Å². The molecule has 1 unspecified atom stereocenters. The Morgan fingerprint density at radius 1 is 1.19 bits per heavy atom. The Labute approximate surface area is 182 Å². The second-order valence-corrected chi connectivity index (χ2v) is 9.56. The van der Waals surface area contributed by atoms with Gasteiger partial charge in [0.25, 0.3) is 11.8 Å². The number of hydrogen-bond acceptors (Lipinski definition) is 5. The Bertz CT molecular complexity index is 1050. The highest BCUT2D eigenvalue weighted by atomic mass is 32.2. The van der Waals surface area contributed by atoms with Crippen molar-refractivity contribution in [2.75, 3.05) is 25.9 Å². The van der Waals surface area contributed by atoms with Crippen molar-refractivity contribution >= 4 is 21.8 Å². The summed E-state index contributed by atoms with van der Waals surface area (Å²) in [5.41, 5.74) is 7.01. The second-order valence-electron chi connectivity index (χ2n) is 7.73. The number of ether oxygens (including phenoxy) is 1. The molecule has 1 fully saturated rings. The first-order valence-corrected chi connectivity index (χ1v) is 12.0. The summed E-state index contributed by atoms with van der Waals surface area (Å²) >= 11 is 0. The number of nitrogens with two attached hydrogens (primary N) is 1. The zero-order valence-corrected chi connectivity index (χ0v) is 18.2. The molecule has 3 rings (SSSR count). The summed E-state index contributed by atoms with van der Waals surface area (Å²) in [5, 5.41) is 0. The molecule has 2 amide bonds. The van der Waals surface area contributed by atoms with Crippen molar-refractivity contribution in [3.63, 3.8) is 0 Å². The molecule has 166 valence electrons. The van der Waals surface area contributed by atoms with Crippen LogP contribution >= 0.6 is 0 Å². The molecule has 1 aliphatic rings. The molecule has 8 nitrogen and oxygen atoms in total. The van der Waals surface area contributed by atoms with E-state index in [-0.39, 0.29) is 18.4 Å². The maximum absolute atomic E-state index is 13.0. The number of rotatable bonds is 8. The fraction of sp³-hybridized carbons (Fsp3) is 0.364. The zero-order chi connectivity index (χ0) is 22.4. The predicted molar refractivity (Wildman–Crippen MR) is 117 cm³/mol. The molecule has 0 bridgehead atoms. The summed E-state index contributed by atoms with van der Waals surface area (Å²) in [4.78, 5) is 26.3. The van der Waals surface area contributed by atoms with Crippen molar-refractivity contribution in [3.8, 4) is 5.75 Å². The number of primary amides is 1. The lowest BCUT2D eigenvalue weighted by Gasteiger charge is -2.33. The van der Waals surface area contributed by atoms with Crippen LogP contribution in [-0.2, 0) is 16.6 Å². The molecular formula is C22H27N3O5S. The first-order chi connectivity index (χ1) is 14.7. The van der Waals surface area contributed by atoms with E-state index in [1.807, 2.05) is 6.07 Å². The summed E-state index contributed by atoms with van der Waals surface area (Å²) < 4.78 is 31.0. The van der Waals surface area contributed by atoms with Gasteiger partial charge < -0.3 is 15.4 Å². The SMILES string of the molecule is CS(=O)(=O)NCC1CCCN(C(=O)c2cccc(COc3ccccc3C(N)=O)c2)C1. The van der Waals surface area contributed by atoms with Crippen LogP contribution in [0.1, 0.15) is 39.1 Å². The number of amides is 2. The fourth-order valence-electron chi connectivity index (χ4n) is 3.62. The van der Waals surface area contributed by atoms with Gasteiger partial charge in [0.15, 0.2) is 0 Å². The number of piperidine rings is 1. The van der Waals surface area contributed by atoms with Crippen LogP contribution in [0.5, 0.6) is 5.75 Å². The third-order valence-corrected chi connectivity index (χ3v) is 5.85. The van der Waals surface area contributed by atoms with Gasteiger partial charge in [0.05, 0.1) is 11.8 Å². The van der Waals surface area contributed by atoms with E-state index in [9.17, 15) is 18.0 Å². The fourth-order valence-corrected chi connectivity index (χ4v) is 4.16. The van der Waals surface area contributed by atoms with E-state index < -0.39 is 15.9 Å². The highest BCUT2D eigenvalue weighted by molar-refractivity contribution is 7.88. The number of nitrogens with one attached hydrogen (secondary N) is 1. The van der Waals surface area contributed by atoms with E-state index in [1.165, 1.54) is 0 Å². The van der Waals surface area contributed by atoms with E-state index in [0.717, 1.165) is 24.7 Å². The van der Waals surface area contributed by atoms with E-state index in [4.69, 9.17) is 10.5 Å². The molecule has 1 atom stereocenters. The summed E-state index contributed by atoms with van der Waals surface area (Å²) in [6.45, 7) is 1.66. The van der Waals surface area contributed by atoms with Crippen LogP contribution in [0.25, 0.3) is 0 Å². The number of carbonyl (C=O) groups is 2. The van der Waals surface area contributed by atoms with Gasteiger partial charge in [0.1, 0.15) is 12.4 Å². The molecule has 31 heavy (non-hydrogen) atoms. The normalized spacial score (nSPS) is 16.7. The Morgan fingerprint density at radius 2 is 1.97 bits per heavy atom. The maximum atomic E-state index is 13.0. The van der Waals surface area contributed by atoms with Gasteiger partial charge in [0, 0.05) is 25.2 Å². The Hall–Kier alpha value is -2.91. The van der Waals surface area contributed by atoms with E-state index in [0.29, 0.717) is 36.5 Å².